The van der Waals surface area contributed by atoms with Crippen molar-refractivity contribution in [3.63, 3.8) is 0 Å². The maximum atomic E-state index is 4.52. The van der Waals surface area contributed by atoms with E-state index < -0.39 is 0 Å². The van der Waals surface area contributed by atoms with E-state index in [4.69, 9.17) is 0 Å². The lowest BCUT2D eigenvalue weighted by molar-refractivity contribution is 0.292. The average molecular weight is 245 g/mol. The summed E-state index contributed by atoms with van der Waals surface area (Å²) in [5.41, 5.74) is 0. The quantitative estimate of drug-likeness (QED) is 0.864. The third-order valence-corrected chi connectivity index (χ3v) is 5.24. The van der Waals surface area contributed by atoms with E-state index in [2.05, 4.69) is 21.1 Å². The van der Waals surface area contributed by atoms with E-state index in [1.54, 1.807) is 0 Å². The molecule has 0 radical (unpaired) electrons. The van der Waals surface area contributed by atoms with E-state index in [1.165, 1.54) is 50.9 Å². The third-order valence-electron chi connectivity index (χ3n) is 5.24. The minimum Gasteiger partial charge on any atom is -0.334 e. The van der Waals surface area contributed by atoms with Crippen LogP contribution in [0.2, 0.25) is 0 Å². The molecular weight excluding hydrogens is 222 g/mol. The zero-order valence-electron chi connectivity index (χ0n) is 11.0. The van der Waals surface area contributed by atoms with Gasteiger partial charge in [-0.25, -0.2) is 4.98 Å². The third kappa shape index (κ3) is 2.09. The molecule has 1 aromatic heterocycles. The van der Waals surface area contributed by atoms with Crippen LogP contribution in [0.4, 0.5) is 0 Å². The zero-order valence-corrected chi connectivity index (χ0v) is 11.0. The van der Waals surface area contributed by atoms with Crippen molar-refractivity contribution in [1.82, 2.24) is 14.9 Å². The average Bonchev–Trinajstić information content (AvgIpc) is 2.79. The second-order valence-electron chi connectivity index (χ2n) is 6.59. The largest absolute Gasteiger partial charge is 0.334 e. The number of hydrogen-bond acceptors (Lipinski definition) is 2. The van der Waals surface area contributed by atoms with E-state index in [1.807, 2.05) is 6.20 Å². The Balaban J connectivity index is 1.39. The van der Waals surface area contributed by atoms with E-state index in [0.717, 1.165) is 30.3 Å². The van der Waals surface area contributed by atoms with E-state index in [0.29, 0.717) is 0 Å². The first-order chi connectivity index (χ1) is 8.88. The van der Waals surface area contributed by atoms with Gasteiger partial charge in [-0.3, -0.25) is 0 Å². The van der Waals surface area contributed by atoms with Crippen molar-refractivity contribution >= 4 is 0 Å². The number of hydrogen-bond donors (Lipinski definition) is 1. The van der Waals surface area contributed by atoms with Gasteiger partial charge in [-0.2, -0.15) is 0 Å². The van der Waals surface area contributed by atoms with Gasteiger partial charge in [0.2, 0.25) is 0 Å². The molecule has 0 aromatic carbocycles. The molecule has 3 fully saturated rings. The second-order valence-corrected chi connectivity index (χ2v) is 6.59. The molecule has 18 heavy (non-hydrogen) atoms. The van der Waals surface area contributed by atoms with Gasteiger partial charge in [0.05, 0.1) is 6.54 Å². The summed E-state index contributed by atoms with van der Waals surface area (Å²) in [4.78, 5) is 4.52. The fourth-order valence-corrected chi connectivity index (χ4v) is 4.05. The number of nitrogens with zero attached hydrogens (tertiary/aromatic N) is 2. The van der Waals surface area contributed by atoms with Gasteiger partial charge in [0.1, 0.15) is 5.82 Å². The predicted octanol–water partition coefficient (Wildman–Crippen LogP) is 2.57. The van der Waals surface area contributed by atoms with E-state index in [-0.39, 0.29) is 0 Å². The molecule has 3 nitrogen and oxygen atoms in total. The summed E-state index contributed by atoms with van der Waals surface area (Å²) in [6, 6.07) is 0.776. The Morgan fingerprint density at radius 2 is 2.17 bits per heavy atom. The van der Waals surface area contributed by atoms with Crippen molar-refractivity contribution in [2.45, 2.75) is 57.7 Å². The SMILES string of the molecule is c1cn(CC2CC3CCC2C3)c(CNC2CC2)n1. The molecule has 0 amide bonds. The fourth-order valence-electron chi connectivity index (χ4n) is 4.05. The lowest BCUT2D eigenvalue weighted by Crippen LogP contribution is -2.22. The number of imidazole rings is 1. The van der Waals surface area contributed by atoms with Crippen LogP contribution in [0.25, 0.3) is 0 Å². The van der Waals surface area contributed by atoms with E-state index >= 15 is 0 Å². The summed E-state index contributed by atoms with van der Waals surface area (Å²) in [5.74, 6) is 4.24. The van der Waals surface area contributed by atoms with Crippen LogP contribution in [0.15, 0.2) is 12.4 Å². The van der Waals surface area contributed by atoms with Gasteiger partial charge in [0.15, 0.2) is 0 Å². The minimum atomic E-state index is 0.776. The lowest BCUT2D eigenvalue weighted by Gasteiger charge is -2.22. The van der Waals surface area contributed by atoms with Gasteiger partial charge in [-0.05, 0) is 49.9 Å². The van der Waals surface area contributed by atoms with Crippen LogP contribution in [0.1, 0.15) is 44.3 Å². The summed E-state index contributed by atoms with van der Waals surface area (Å²) in [6.45, 7) is 2.17. The fraction of sp³-hybridized carbons (Fsp3) is 0.800. The van der Waals surface area contributed by atoms with Crippen molar-refractivity contribution in [2.24, 2.45) is 17.8 Å². The summed E-state index contributed by atoms with van der Waals surface area (Å²) >= 11 is 0. The first kappa shape index (κ1) is 11.0. The molecule has 0 spiro atoms. The Bertz CT molecular complexity index is 421. The minimum absolute atomic E-state index is 0.776. The first-order valence-electron chi connectivity index (χ1n) is 7.62. The molecule has 1 aromatic rings. The van der Waals surface area contributed by atoms with Crippen molar-refractivity contribution in [2.75, 3.05) is 0 Å². The highest BCUT2D eigenvalue weighted by Crippen LogP contribution is 2.48. The van der Waals surface area contributed by atoms with Gasteiger partial charge in [0.25, 0.3) is 0 Å². The maximum absolute atomic E-state index is 4.52. The Kier molecular flexibility index (Phi) is 2.68. The maximum Gasteiger partial charge on any atom is 0.122 e. The summed E-state index contributed by atoms with van der Waals surface area (Å²) in [6.07, 6.45) is 12.8. The highest BCUT2D eigenvalue weighted by atomic mass is 15.1. The molecule has 3 aliphatic carbocycles. The number of fused-ring (bicyclic) bond motifs is 2. The smallest absolute Gasteiger partial charge is 0.122 e. The highest BCUT2D eigenvalue weighted by Gasteiger charge is 2.39. The normalized spacial score (nSPS) is 34.3. The first-order valence-corrected chi connectivity index (χ1v) is 7.62. The van der Waals surface area contributed by atoms with Crippen LogP contribution in [0, 0.1) is 17.8 Å². The number of nitrogens with one attached hydrogen (secondary N) is 1. The molecule has 2 bridgehead atoms. The predicted molar refractivity (Wildman–Crippen MR) is 71.0 cm³/mol. The molecule has 3 aliphatic rings. The molecule has 4 rings (SSSR count). The molecule has 1 N–H and O–H groups in total. The summed E-state index contributed by atoms with van der Waals surface area (Å²) in [5, 5.41) is 3.57. The Morgan fingerprint density at radius 1 is 1.22 bits per heavy atom. The topological polar surface area (TPSA) is 29.9 Å². The van der Waals surface area contributed by atoms with Gasteiger partial charge >= 0.3 is 0 Å². The molecule has 3 unspecified atom stereocenters. The monoisotopic (exact) mass is 245 g/mol. The Hall–Kier alpha value is -0.830. The van der Waals surface area contributed by atoms with Crippen LogP contribution >= 0.6 is 0 Å². The van der Waals surface area contributed by atoms with Crippen LogP contribution in [-0.2, 0) is 13.1 Å². The molecule has 1 heterocycles. The molecule has 98 valence electrons. The van der Waals surface area contributed by atoms with Crippen LogP contribution in [0.5, 0.6) is 0 Å². The number of aromatic nitrogens is 2. The lowest BCUT2D eigenvalue weighted by atomic mass is 9.89. The molecule has 0 saturated heterocycles. The molecule has 3 atom stereocenters. The Morgan fingerprint density at radius 3 is 2.89 bits per heavy atom. The summed E-state index contributed by atoms with van der Waals surface area (Å²) < 4.78 is 2.40. The molecule has 3 saturated carbocycles. The van der Waals surface area contributed by atoms with Gasteiger partial charge in [0, 0.05) is 25.0 Å². The van der Waals surface area contributed by atoms with Crippen molar-refractivity contribution < 1.29 is 0 Å². The van der Waals surface area contributed by atoms with Crippen molar-refractivity contribution in [3.05, 3.63) is 18.2 Å². The van der Waals surface area contributed by atoms with Crippen molar-refractivity contribution in [1.29, 1.82) is 0 Å². The summed E-state index contributed by atoms with van der Waals surface area (Å²) in [7, 11) is 0. The van der Waals surface area contributed by atoms with Crippen molar-refractivity contribution in [3.8, 4) is 0 Å². The van der Waals surface area contributed by atoms with Crippen LogP contribution in [-0.4, -0.2) is 15.6 Å². The van der Waals surface area contributed by atoms with Gasteiger partial charge in [-0.1, -0.05) is 6.42 Å². The van der Waals surface area contributed by atoms with Crippen LogP contribution in [0.3, 0.4) is 0 Å². The number of rotatable bonds is 5. The molecule has 0 aliphatic heterocycles. The van der Waals surface area contributed by atoms with Gasteiger partial charge in [-0.15, -0.1) is 0 Å². The van der Waals surface area contributed by atoms with Gasteiger partial charge < -0.3 is 9.88 Å². The Labute approximate surface area is 109 Å². The highest BCUT2D eigenvalue weighted by molar-refractivity contribution is 4.97. The zero-order chi connectivity index (χ0) is 11.9. The van der Waals surface area contributed by atoms with E-state index in [9.17, 15) is 0 Å². The molecule has 3 heteroatoms. The standard InChI is InChI=1S/C15H23N3/c1-2-12-7-11(1)8-13(12)10-18-6-5-16-15(18)9-17-14-3-4-14/h5-6,11-14,17H,1-4,7-10H2. The molecular formula is C15H23N3. The second kappa shape index (κ2) is 4.37. The van der Waals surface area contributed by atoms with Crippen LogP contribution < -0.4 is 5.32 Å².